The molecular weight excluding hydrogens is 440 g/mol. The molecule has 1 aromatic heterocycles. The van der Waals surface area contributed by atoms with Crippen molar-refractivity contribution in [3.63, 3.8) is 0 Å². The quantitative estimate of drug-likeness (QED) is 0.217. The largest absolute Gasteiger partial charge is 0.493 e. The number of nitrogens with zero attached hydrogens (tertiary/aromatic N) is 4. The molecule has 31 heavy (non-hydrogen) atoms. The van der Waals surface area contributed by atoms with Gasteiger partial charge in [0, 0.05) is 10.6 Å². The number of nitrogens with two attached hydrogens (primary N) is 1. The Morgan fingerprint density at radius 2 is 2.06 bits per heavy atom. The summed E-state index contributed by atoms with van der Waals surface area (Å²) in [6.07, 6.45) is 3.20. The number of nitrogens with one attached hydrogen (secondary N) is 1. The lowest BCUT2D eigenvalue weighted by Crippen LogP contribution is -2.23. The zero-order valence-corrected chi connectivity index (χ0v) is 18.1. The van der Waals surface area contributed by atoms with Crippen LogP contribution in [0.1, 0.15) is 21.6 Å². The monoisotopic (exact) mass is 458 g/mol. The lowest BCUT2D eigenvalue weighted by atomic mass is 10.1. The molecule has 1 heterocycles. The van der Waals surface area contributed by atoms with E-state index in [-0.39, 0.29) is 24.0 Å². The van der Waals surface area contributed by atoms with Crippen LogP contribution in [-0.2, 0) is 13.2 Å². The molecule has 160 valence electrons. The van der Waals surface area contributed by atoms with Crippen molar-refractivity contribution in [1.29, 1.82) is 0 Å². The molecule has 11 heteroatoms. The van der Waals surface area contributed by atoms with Gasteiger partial charge in [0.25, 0.3) is 0 Å². The maximum Gasteiger partial charge on any atom is 0.184 e. The first-order valence-electron chi connectivity index (χ1n) is 9.01. The molecule has 0 aliphatic rings. The van der Waals surface area contributed by atoms with E-state index in [9.17, 15) is 4.79 Å². The number of ether oxygens (including phenoxy) is 2. The number of hydrazone groups is 1. The second-order valence-corrected chi connectivity index (χ2v) is 7.15. The van der Waals surface area contributed by atoms with Gasteiger partial charge in [-0.1, -0.05) is 16.8 Å². The summed E-state index contributed by atoms with van der Waals surface area (Å²) in [6.45, 7) is 0.192. The Labute approximate surface area is 188 Å². The van der Waals surface area contributed by atoms with Gasteiger partial charge in [0.2, 0.25) is 0 Å². The summed E-state index contributed by atoms with van der Waals surface area (Å²) >= 11 is 10.6. The van der Waals surface area contributed by atoms with Gasteiger partial charge in [-0.2, -0.15) is 5.10 Å². The first kappa shape index (κ1) is 22.2. The van der Waals surface area contributed by atoms with Crippen molar-refractivity contribution >= 4 is 40.9 Å². The number of hydrogen-bond donors (Lipinski definition) is 2. The highest BCUT2D eigenvalue weighted by molar-refractivity contribution is 7.80. The zero-order valence-electron chi connectivity index (χ0n) is 16.5. The van der Waals surface area contributed by atoms with E-state index in [0.29, 0.717) is 27.8 Å². The van der Waals surface area contributed by atoms with Crippen molar-refractivity contribution in [2.24, 2.45) is 10.8 Å². The van der Waals surface area contributed by atoms with Crippen LogP contribution < -0.4 is 20.6 Å². The number of carbonyl (C=O) groups excluding carboxylic acids is 1. The number of carbonyl (C=O) groups is 1. The lowest BCUT2D eigenvalue weighted by molar-refractivity contribution is 0.0967. The first-order chi connectivity index (χ1) is 14.9. The average Bonchev–Trinajstić information content (AvgIpc) is 3.19. The fourth-order valence-corrected chi connectivity index (χ4v) is 2.74. The van der Waals surface area contributed by atoms with Crippen molar-refractivity contribution in [3.8, 4) is 11.5 Å². The minimum atomic E-state index is -0.103. The molecule has 0 aliphatic heterocycles. The van der Waals surface area contributed by atoms with Crippen molar-refractivity contribution in [1.82, 2.24) is 20.4 Å². The molecule has 2 aromatic carbocycles. The molecule has 3 aromatic rings. The molecule has 0 fully saturated rings. The van der Waals surface area contributed by atoms with E-state index in [1.165, 1.54) is 4.68 Å². The highest BCUT2D eigenvalue weighted by Gasteiger charge is 2.11. The molecule has 0 amide bonds. The summed E-state index contributed by atoms with van der Waals surface area (Å²) in [4.78, 5) is 12.4. The highest BCUT2D eigenvalue weighted by atomic mass is 35.5. The predicted octanol–water partition coefficient (Wildman–Crippen LogP) is 2.57. The number of thiocarbonyl (C=S) groups is 1. The Hall–Kier alpha value is -3.50. The molecule has 9 nitrogen and oxygen atoms in total. The van der Waals surface area contributed by atoms with Crippen molar-refractivity contribution in [2.45, 2.75) is 13.2 Å². The van der Waals surface area contributed by atoms with Gasteiger partial charge in [-0.15, -0.1) is 5.10 Å². The van der Waals surface area contributed by atoms with Gasteiger partial charge in [-0.05, 0) is 60.2 Å². The van der Waals surface area contributed by atoms with Gasteiger partial charge in [-0.25, -0.2) is 4.68 Å². The van der Waals surface area contributed by atoms with Crippen LogP contribution in [0.15, 0.2) is 53.8 Å². The molecule has 0 radical (unpaired) electrons. The number of benzene rings is 2. The topological polar surface area (TPSA) is 117 Å². The van der Waals surface area contributed by atoms with E-state index in [2.05, 4.69) is 20.8 Å². The Balaban J connectivity index is 1.63. The van der Waals surface area contributed by atoms with Crippen molar-refractivity contribution < 1.29 is 14.3 Å². The number of hydrogen-bond acceptors (Lipinski definition) is 7. The number of halogens is 1. The number of Topliss-reactive ketones (excluding diaryl/α,β-unsaturated/α-hetero) is 1. The van der Waals surface area contributed by atoms with E-state index in [1.54, 1.807) is 62.0 Å². The van der Waals surface area contributed by atoms with Crippen molar-refractivity contribution in [3.05, 3.63) is 70.5 Å². The molecule has 0 aliphatic carbocycles. The molecule has 0 atom stereocenters. The summed E-state index contributed by atoms with van der Waals surface area (Å²) in [7, 11) is 1.54. The first-order valence-corrected chi connectivity index (χ1v) is 9.80. The Bertz CT molecular complexity index is 1100. The van der Waals surface area contributed by atoms with Gasteiger partial charge < -0.3 is 15.2 Å². The molecule has 0 saturated carbocycles. The molecule has 0 unspecified atom stereocenters. The molecule has 3 rings (SSSR count). The maximum atomic E-state index is 12.4. The lowest BCUT2D eigenvalue weighted by Gasteiger charge is -2.10. The van der Waals surface area contributed by atoms with Crippen LogP contribution >= 0.6 is 23.8 Å². The van der Waals surface area contributed by atoms with Crippen molar-refractivity contribution in [2.75, 3.05) is 7.11 Å². The van der Waals surface area contributed by atoms with Crippen LogP contribution in [0.3, 0.4) is 0 Å². The van der Waals surface area contributed by atoms with Crippen LogP contribution in [0.5, 0.6) is 11.5 Å². The summed E-state index contributed by atoms with van der Waals surface area (Å²) in [6, 6.07) is 12.0. The molecule has 0 spiro atoms. The normalized spacial score (nSPS) is 10.8. The van der Waals surface area contributed by atoms with E-state index in [1.807, 2.05) is 0 Å². The fourth-order valence-electron chi connectivity index (χ4n) is 2.56. The Kier molecular flexibility index (Phi) is 7.52. The van der Waals surface area contributed by atoms with Crippen LogP contribution in [0.4, 0.5) is 0 Å². The number of rotatable bonds is 9. The van der Waals surface area contributed by atoms with Crippen LogP contribution in [0.25, 0.3) is 0 Å². The molecule has 0 saturated heterocycles. The van der Waals surface area contributed by atoms with Crippen LogP contribution in [0, 0.1) is 0 Å². The van der Waals surface area contributed by atoms with Gasteiger partial charge in [0.05, 0.1) is 19.5 Å². The fraction of sp³-hybridized carbons (Fsp3) is 0.150. The van der Waals surface area contributed by atoms with Gasteiger partial charge in [-0.3, -0.25) is 10.2 Å². The number of ketones is 1. The van der Waals surface area contributed by atoms with Gasteiger partial charge in [0.1, 0.15) is 18.8 Å². The zero-order chi connectivity index (χ0) is 22.2. The maximum absolute atomic E-state index is 12.4. The van der Waals surface area contributed by atoms with Crippen LogP contribution in [-0.4, -0.2) is 39.2 Å². The van der Waals surface area contributed by atoms with E-state index < -0.39 is 0 Å². The summed E-state index contributed by atoms with van der Waals surface area (Å²) in [5, 5.41) is 12.6. The smallest absolute Gasteiger partial charge is 0.184 e. The van der Waals surface area contributed by atoms with Gasteiger partial charge >= 0.3 is 0 Å². The summed E-state index contributed by atoms with van der Waals surface area (Å²) < 4.78 is 12.6. The third kappa shape index (κ3) is 6.49. The molecule has 3 N–H and O–H groups in total. The van der Waals surface area contributed by atoms with Crippen LogP contribution in [0.2, 0.25) is 5.02 Å². The van der Waals surface area contributed by atoms with E-state index in [0.717, 1.165) is 5.56 Å². The Morgan fingerprint density at radius 1 is 1.29 bits per heavy atom. The van der Waals surface area contributed by atoms with E-state index in [4.69, 9.17) is 39.0 Å². The number of aromatic nitrogens is 3. The molecule has 0 bridgehead atoms. The third-order valence-corrected chi connectivity index (χ3v) is 4.35. The minimum Gasteiger partial charge on any atom is -0.493 e. The van der Waals surface area contributed by atoms with Gasteiger partial charge in [0.15, 0.2) is 22.4 Å². The SMILES string of the molecule is COc1ccc(/C=N\NC(N)=S)cc1OCc1cn(CC(=O)c2ccc(Cl)cc2)nn1. The molecular formula is C20H19ClN6O3S. The second-order valence-electron chi connectivity index (χ2n) is 6.27. The Morgan fingerprint density at radius 3 is 2.77 bits per heavy atom. The standard InChI is InChI=1S/C20H19ClN6O3S/c1-29-18-7-2-13(9-23-25-20(22)31)8-19(18)30-12-16-10-27(26-24-16)11-17(28)14-3-5-15(21)6-4-14/h2-10H,11-12H2,1H3,(H3,22,25,31)/b23-9-. The minimum absolute atomic E-state index is 0.0555. The number of methoxy groups -OCH3 is 1. The predicted molar refractivity (Wildman–Crippen MR) is 121 cm³/mol. The average molecular weight is 459 g/mol. The third-order valence-electron chi connectivity index (χ3n) is 4.01. The summed E-state index contributed by atoms with van der Waals surface area (Å²) in [5.41, 5.74) is 9.67. The highest BCUT2D eigenvalue weighted by Crippen LogP contribution is 2.28. The second kappa shape index (κ2) is 10.5. The van der Waals surface area contributed by atoms with E-state index >= 15 is 0 Å². The summed E-state index contributed by atoms with van der Waals surface area (Å²) in [5.74, 6) is 0.937.